The Morgan fingerprint density at radius 3 is 2.74 bits per heavy atom. The highest BCUT2D eigenvalue weighted by Gasteiger charge is 2.27. The fraction of sp³-hybridized carbons (Fsp3) is 0.292. The summed E-state index contributed by atoms with van der Waals surface area (Å²) >= 11 is 0. The van der Waals surface area contributed by atoms with E-state index >= 15 is 0 Å². The minimum Gasteiger partial charge on any atom is -0.384 e. The maximum Gasteiger partial charge on any atom is 0.243 e. The van der Waals surface area contributed by atoms with Crippen LogP contribution in [0.2, 0.25) is 0 Å². The molecule has 160 valence electrons. The molecule has 31 heavy (non-hydrogen) atoms. The Kier molecular flexibility index (Phi) is 6.43. The molecule has 2 amide bonds. The quantitative estimate of drug-likeness (QED) is 0.470. The standard InChI is InChI=1S/C24H27N5O2/c25-22-11-10-16(14-27-22)15-28-23(30)21(29-24(31)20-9-4-12-26-20)13-18-7-3-6-17-5-1-2-8-19(17)18/h1-3,5-8,10-11,14,20-21,26H,4,9,12-13,15H2,(H2,25,27)(H,28,30)(H,29,31)/t20-,21+/m1/s1. The van der Waals surface area contributed by atoms with Gasteiger partial charge in [0.2, 0.25) is 11.8 Å². The average molecular weight is 418 g/mol. The fourth-order valence-electron chi connectivity index (χ4n) is 3.93. The second-order valence-corrected chi connectivity index (χ2v) is 7.86. The van der Waals surface area contributed by atoms with Crippen molar-refractivity contribution in [2.75, 3.05) is 12.3 Å². The van der Waals surface area contributed by atoms with Crippen molar-refractivity contribution in [2.24, 2.45) is 0 Å². The predicted molar refractivity (Wildman–Crippen MR) is 121 cm³/mol. The smallest absolute Gasteiger partial charge is 0.243 e. The maximum absolute atomic E-state index is 13.1. The van der Waals surface area contributed by atoms with E-state index in [1.54, 1.807) is 12.3 Å². The number of fused-ring (bicyclic) bond motifs is 1. The van der Waals surface area contributed by atoms with E-state index in [1.165, 1.54) is 0 Å². The van der Waals surface area contributed by atoms with Crippen molar-refractivity contribution in [1.29, 1.82) is 0 Å². The van der Waals surface area contributed by atoms with Gasteiger partial charge in [0, 0.05) is 19.2 Å². The van der Waals surface area contributed by atoms with Crippen molar-refractivity contribution in [1.82, 2.24) is 20.9 Å². The highest BCUT2D eigenvalue weighted by molar-refractivity contribution is 5.91. The van der Waals surface area contributed by atoms with Crippen LogP contribution in [-0.4, -0.2) is 35.4 Å². The van der Waals surface area contributed by atoms with Crippen molar-refractivity contribution in [3.05, 3.63) is 71.9 Å². The number of rotatable bonds is 7. The SMILES string of the molecule is Nc1ccc(CNC(=O)[C@H](Cc2cccc3ccccc23)NC(=O)[C@H]2CCCN2)cn1. The van der Waals surface area contributed by atoms with Crippen LogP contribution in [0, 0.1) is 0 Å². The van der Waals surface area contributed by atoms with Crippen LogP contribution in [0.15, 0.2) is 60.8 Å². The van der Waals surface area contributed by atoms with Crippen molar-refractivity contribution in [3.63, 3.8) is 0 Å². The summed E-state index contributed by atoms with van der Waals surface area (Å²) in [6.45, 7) is 1.14. The summed E-state index contributed by atoms with van der Waals surface area (Å²) in [5.74, 6) is 0.0726. The third-order valence-electron chi connectivity index (χ3n) is 5.63. The largest absolute Gasteiger partial charge is 0.384 e. The average Bonchev–Trinajstić information content (AvgIpc) is 3.33. The van der Waals surface area contributed by atoms with Crippen LogP contribution in [0.3, 0.4) is 0 Å². The number of carbonyl (C=O) groups excluding carboxylic acids is 2. The lowest BCUT2D eigenvalue weighted by Gasteiger charge is -2.21. The molecule has 1 aromatic heterocycles. The van der Waals surface area contributed by atoms with Gasteiger partial charge in [-0.15, -0.1) is 0 Å². The van der Waals surface area contributed by atoms with E-state index < -0.39 is 6.04 Å². The summed E-state index contributed by atoms with van der Waals surface area (Å²) in [5.41, 5.74) is 7.49. The van der Waals surface area contributed by atoms with Gasteiger partial charge < -0.3 is 21.7 Å². The molecule has 3 aromatic rings. The van der Waals surface area contributed by atoms with Gasteiger partial charge in [-0.1, -0.05) is 48.5 Å². The van der Waals surface area contributed by atoms with Gasteiger partial charge in [0.05, 0.1) is 6.04 Å². The fourth-order valence-corrected chi connectivity index (χ4v) is 3.93. The van der Waals surface area contributed by atoms with Crippen LogP contribution >= 0.6 is 0 Å². The molecule has 1 aliphatic rings. The summed E-state index contributed by atoms with van der Waals surface area (Å²) in [5, 5.41) is 11.3. The van der Waals surface area contributed by atoms with Crippen molar-refractivity contribution < 1.29 is 9.59 Å². The molecule has 0 aliphatic carbocycles. The van der Waals surface area contributed by atoms with E-state index in [1.807, 2.05) is 48.5 Å². The molecule has 2 aromatic carbocycles. The van der Waals surface area contributed by atoms with Gasteiger partial charge in [0.1, 0.15) is 11.9 Å². The molecule has 5 N–H and O–H groups in total. The van der Waals surface area contributed by atoms with Gasteiger partial charge in [-0.2, -0.15) is 0 Å². The maximum atomic E-state index is 13.1. The summed E-state index contributed by atoms with van der Waals surface area (Å²) < 4.78 is 0. The normalized spacial score (nSPS) is 16.7. The number of nitrogens with zero attached hydrogens (tertiary/aromatic N) is 1. The van der Waals surface area contributed by atoms with Crippen LogP contribution in [-0.2, 0) is 22.6 Å². The number of benzene rings is 2. The molecule has 7 heteroatoms. The molecule has 0 unspecified atom stereocenters. The number of hydrogen-bond acceptors (Lipinski definition) is 5. The van der Waals surface area contributed by atoms with Crippen molar-refractivity contribution >= 4 is 28.4 Å². The van der Waals surface area contributed by atoms with Gasteiger partial charge in [-0.25, -0.2) is 4.98 Å². The number of pyridine rings is 1. The minimum atomic E-state index is -0.678. The molecule has 7 nitrogen and oxygen atoms in total. The van der Waals surface area contributed by atoms with Gasteiger partial charge in [0.15, 0.2) is 0 Å². The molecule has 0 radical (unpaired) electrons. The summed E-state index contributed by atoms with van der Waals surface area (Å²) in [4.78, 5) is 29.9. The molecule has 2 atom stereocenters. The van der Waals surface area contributed by atoms with Crippen molar-refractivity contribution in [2.45, 2.75) is 37.9 Å². The number of nitrogens with one attached hydrogen (secondary N) is 3. The van der Waals surface area contributed by atoms with E-state index in [2.05, 4.69) is 20.9 Å². The minimum absolute atomic E-state index is 0.132. The zero-order valence-corrected chi connectivity index (χ0v) is 17.3. The number of nitrogens with two attached hydrogens (primary N) is 1. The molecule has 4 rings (SSSR count). The number of aromatic nitrogens is 1. The van der Waals surface area contributed by atoms with E-state index in [9.17, 15) is 9.59 Å². The first-order chi connectivity index (χ1) is 15.1. The van der Waals surface area contributed by atoms with Gasteiger partial charge >= 0.3 is 0 Å². The highest BCUT2D eigenvalue weighted by atomic mass is 16.2. The van der Waals surface area contributed by atoms with Gasteiger partial charge in [-0.3, -0.25) is 9.59 Å². The second-order valence-electron chi connectivity index (χ2n) is 7.86. The number of amides is 2. The third-order valence-corrected chi connectivity index (χ3v) is 5.63. The van der Waals surface area contributed by atoms with Gasteiger partial charge in [0.25, 0.3) is 0 Å². The Bertz CT molecular complexity index is 1060. The summed E-state index contributed by atoms with van der Waals surface area (Å²) in [6, 6.07) is 16.7. The van der Waals surface area contributed by atoms with Crippen molar-refractivity contribution in [3.8, 4) is 0 Å². The van der Waals surface area contributed by atoms with E-state index in [4.69, 9.17) is 5.73 Å². The third kappa shape index (κ3) is 5.19. The van der Waals surface area contributed by atoms with Crippen LogP contribution in [0.4, 0.5) is 5.82 Å². The van der Waals surface area contributed by atoms with Gasteiger partial charge in [-0.05, 0) is 47.4 Å². The predicted octanol–water partition coefficient (Wildman–Crippen LogP) is 1.91. The van der Waals surface area contributed by atoms with E-state index in [-0.39, 0.29) is 17.9 Å². The molecule has 1 fully saturated rings. The van der Waals surface area contributed by atoms with Crippen LogP contribution in [0.5, 0.6) is 0 Å². The van der Waals surface area contributed by atoms with Crippen LogP contribution < -0.4 is 21.7 Å². The zero-order chi connectivity index (χ0) is 21.6. The molecular formula is C24H27N5O2. The number of nitrogen functional groups attached to an aromatic ring is 1. The highest BCUT2D eigenvalue weighted by Crippen LogP contribution is 2.20. The lowest BCUT2D eigenvalue weighted by molar-refractivity contribution is -0.129. The number of anilines is 1. The first-order valence-corrected chi connectivity index (χ1v) is 10.6. The topological polar surface area (TPSA) is 109 Å². The van der Waals surface area contributed by atoms with E-state index in [0.717, 1.165) is 41.3 Å². The molecule has 0 bridgehead atoms. The van der Waals surface area contributed by atoms with E-state index in [0.29, 0.717) is 18.8 Å². The first kappa shape index (κ1) is 20.8. The molecule has 2 heterocycles. The Morgan fingerprint density at radius 2 is 1.97 bits per heavy atom. The Morgan fingerprint density at radius 1 is 1.13 bits per heavy atom. The Labute approximate surface area is 181 Å². The molecule has 1 saturated heterocycles. The Balaban J connectivity index is 1.52. The summed E-state index contributed by atoms with van der Waals surface area (Å²) in [7, 11) is 0. The van der Waals surface area contributed by atoms with Crippen LogP contribution in [0.25, 0.3) is 10.8 Å². The number of carbonyl (C=O) groups is 2. The first-order valence-electron chi connectivity index (χ1n) is 10.6. The summed E-state index contributed by atoms with van der Waals surface area (Å²) in [6.07, 6.45) is 3.79. The molecule has 0 saturated carbocycles. The molecular weight excluding hydrogens is 390 g/mol. The lowest BCUT2D eigenvalue weighted by Crippen LogP contribution is -2.52. The monoisotopic (exact) mass is 417 g/mol. The van der Waals surface area contributed by atoms with Crippen LogP contribution in [0.1, 0.15) is 24.0 Å². The number of hydrogen-bond donors (Lipinski definition) is 4. The zero-order valence-electron chi connectivity index (χ0n) is 17.3. The second kappa shape index (κ2) is 9.57. The lowest BCUT2D eigenvalue weighted by atomic mass is 9.98. The molecule has 0 spiro atoms. The Hall–Kier alpha value is -3.45. The molecule has 1 aliphatic heterocycles.